The molecule has 0 N–H and O–H groups in total. The Morgan fingerprint density at radius 1 is 1.25 bits per heavy atom. The van der Waals surface area contributed by atoms with E-state index in [-0.39, 0.29) is 22.9 Å². The van der Waals surface area contributed by atoms with Gasteiger partial charge >= 0.3 is 0 Å². The number of hydrogen-bond acceptors (Lipinski definition) is 2. The van der Waals surface area contributed by atoms with Crippen molar-refractivity contribution in [1.29, 1.82) is 0 Å². The molecule has 0 bridgehead atoms. The van der Waals surface area contributed by atoms with Gasteiger partial charge in [-0.1, -0.05) is 35.6 Å². The lowest BCUT2D eigenvalue weighted by atomic mass is 10.3. The molecule has 0 unspecified atom stereocenters. The third-order valence-electron chi connectivity index (χ3n) is 2.84. The molecule has 1 amide bonds. The van der Waals surface area contributed by atoms with Crippen LogP contribution in [-0.4, -0.2) is 23.9 Å². The van der Waals surface area contributed by atoms with E-state index in [9.17, 15) is 4.79 Å². The van der Waals surface area contributed by atoms with Gasteiger partial charge in [-0.2, -0.15) is 4.57 Å². The summed E-state index contributed by atoms with van der Waals surface area (Å²) in [5.74, 6) is 0.0772. The topological polar surface area (TPSA) is 24.2 Å². The summed E-state index contributed by atoms with van der Waals surface area (Å²) in [7, 11) is 0. The Morgan fingerprint density at radius 3 is 2.55 bits per heavy atom. The number of rotatable bonds is 6. The molecule has 0 aliphatic carbocycles. The quantitative estimate of drug-likeness (QED) is 0.503. The van der Waals surface area contributed by atoms with Gasteiger partial charge in [0.25, 0.3) is 5.91 Å². The lowest BCUT2D eigenvalue weighted by molar-refractivity contribution is -0.654. The highest BCUT2D eigenvalue weighted by atomic mass is 79.9. The molecule has 5 heteroatoms. The fraction of sp³-hybridized carbons (Fsp3) is 0.200. The van der Waals surface area contributed by atoms with Crippen molar-refractivity contribution < 1.29 is 26.3 Å². The second kappa shape index (κ2) is 7.97. The standard InChI is InChI=1S/C15H17N2OS.BrH/c1-3-9-16(10-4-2)15(18)11-17-12-19-14-8-6-5-7-13(14)17;/h3-8,12H,1-2,9-11H2;1H/q+1;/p-1. The Balaban J connectivity index is 0.00000200. The van der Waals surface area contributed by atoms with Gasteiger partial charge in [0.1, 0.15) is 4.70 Å². The van der Waals surface area contributed by atoms with Crippen LogP contribution in [0.1, 0.15) is 0 Å². The van der Waals surface area contributed by atoms with Crippen LogP contribution in [0, 0.1) is 0 Å². The van der Waals surface area contributed by atoms with Crippen molar-refractivity contribution in [3.05, 3.63) is 55.1 Å². The maximum absolute atomic E-state index is 12.2. The Labute approximate surface area is 133 Å². The minimum Gasteiger partial charge on any atom is -1.00 e. The van der Waals surface area contributed by atoms with Crippen LogP contribution in [0.5, 0.6) is 0 Å². The van der Waals surface area contributed by atoms with Gasteiger partial charge in [0.2, 0.25) is 17.6 Å². The predicted octanol–water partition coefficient (Wildman–Crippen LogP) is -0.607. The molecule has 0 aliphatic heterocycles. The summed E-state index contributed by atoms with van der Waals surface area (Å²) in [4.78, 5) is 14.0. The van der Waals surface area contributed by atoms with Gasteiger partial charge < -0.3 is 21.9 Å². The molecule has 0 atom stereocenters. The molecule has 2 rings (SSSR count). The minimum atomic E-state index is 0. The Bertz CT molecular complexity index is 599. The Kier molecular flexibility index (Phi) is 6.61. The molecule has 3 nitrogen and oxygen atoms in total. The molecule has 1 heterocycles. The lowest BCUT2D eigenvalue weighted by Gasteiger charge is -2.16. The number of nitrogens with zero attached hydrogens (tertiary/aromatic N) is 2. The number of carbonyl (C=O) groups excluding carboxylic acids is 1. The van der Waals surface area contributed by atoms with Crippen LogP contribution >= 0.6 is 11.3 Å². The summed E-state index contributed by atoms with van der Waals surface area (Å²) >= 11 is 1.65. The Hall–Kier alpha value is -1.46. The lowest BCUT2D eigenvalue weighted by Crippen LogP contribution is -3.00. The van der Waals surface area contributed by atoms with Crippen molar-refractivity contribution in [3.63, 3.8) is 0 Å². The second-order valence-corrected chi connectivity index (χ2v) is 5.08. The molecule has 20 heavy (non-hydrogen) atoms. The maximum atomic E-state index is 12.2. The number of halogens is 1. The monoisotopic (exact) mass is 352 g/mol. The smallest absolute Gasteiger partial charge is 0.289 e. The summed E-state index contributed by atoms with van der Waals surface area (Å²) in [5.41, 5.74) is 3.08. The van der Waals surface area contributed by atoms with Gasteiger partial charge in [-0.05, 0) is 6.07 Å². The largest absolute Gasteiger partial charge is 1.00 e. The molecule has 106 valence electrons. The molecule has 0 fully saturated rings. The predicted molar refractivity (Wildman–Crippen MR) is 79.0 cm³/mol. The van der Waals surface area contributed by atoms with E-state index in [1.54, 1.807) is 28.4 Å². The average molecular weight is 353 g/mol. The summed E-state index contributed by atoms with van der Waals surface area (Å²) in [5, 5.41) is 0. The SMILES string of the molecule is C=CCN(CC=C)C(=O)C[n+]1csc2ccccc21.[Br-]. The summed E-state index contributed by atoms with van der Waals surface area (Å²) in [6, 6.07) is 8.09. The minimum absolute atomic E-state index is 0. The van der Waals surface area contributed by atoms with Crippen molar-refractivity contribution in [2.24, 2.45) is 0 Å². The fourth-order valence-corrected chi connectivity index (χ4v) is 2.82. The molecule has 0 saturated carbocycles. The van der Waals surface area contributed by atoms with E-state index in [0.717, 1.165) is 5.52 Å². The summed E-state index contributed by atoms with van der Waals surface area (Å²) < 4.78 is 3.18. The van der Waals surface area contributed by atoms with Gasteiger partial charge in [-0.3, -0.25) is 4.79 Å². The molecular formula is C15H17BrN2OS. The van der Waals surface area contributed by atoms with Gasteiger partial charge in [0.05, 0.1) is 0 Å². The highest BCUT2D eigenvalue weighted by molar-refractivity contribution is 7.16. The number of thiazole rings is 1. The number of fused-ring (bicyclic) bond motifs is 1. The maximum Gasteiger partial charge on any atom is 0.289 e. The molecule has 0 saturated heterocycles. The highest BCUT2D eigenvalue weighted by Gasteiger charge is 2.19. The first-order chi connectivity index (χ1) is 9.26. The zero-order valence-corrected chi connectivity index (χ0v) is 13.6. The zero-order chi connectivity index (χ0) is 13.7. The van der Waals surface area contributed by atoms with E-state index in [2.05, 4.69) is 19.2 Å². The average Bonchev–Trinajstić information content (AvgIpc) is 2.82. The molecule has 1 aromatic heterocycles. The summed E-state index contributed by atoms with van der Waals surface area (Å²) in [6.45, 7) is 8.81. The molecule has 0 spiro atoms. The van der Waals surface area contributed by atoms with E-state index >= 15 is 0 Å². The van der Waals surface area contributed by atoms with E-state index in [0.29, 0.717) is 19.6 Å². The summed E-state index contributed by atoms with van der Waals surface area (Å²) in [6.07, 6.45) is 3.47. The third kappa shape index (κ3) is 3.77. The highest BCUT2D eigenvalue weighted by Crippen LogP contribution is 2.14. The number of amides is 1. The first kappa shape index (κ1) is 16.6. The first-order valence-electron chi connectivity index (χ1n) is 6.11. The van der Waals surface area contributed by atoms with Gasteiger partial charge in [-0.15, -0.1) is 13.2 Å². The zero-order valence-electron chi connectivity index (χ0n) is 11.2. The molecule has 0 radical (unpaired) electrons. The first-order valence-corrected chi connectivity index (χ1v) is 6.99. The van der Waals surface area contributed by atoms with Crippen molar-refractivity contribution in [1.82, 2.24) is 4.90 Å². The number of para-hydroxylation sites is 1. The van der Waals surface area contributed by atoms with E-state index in [1.807, 2.05) is 28.3 Å². The second-order valence-electron chi connectivity index (χ2n) is 4.19. The van der Waals surface area contributed by atoms with Crippen LogP contribution in [-0.2, 0) is 11.3 Å². The van der Waals surface area contributed by atoms with E-state index < -0.39 is 0 Å². The molecule has 1 aromatic carbocycles. The van der Waals surface area contributed by atoms with Crippen LogP contribution in [0.25, 0.3) is 10.2 Å². The molecule has 2 aromatic rings. The molecule has 0 aliphatic rings. The van der Waals surface area contributed by atoms with Gasteiger partial charge in [0.15, 0.2) is 0 Å². The van der Waals surface area contributed by atoms with Crippen molar-refractivity contribution >= 4 is 27.5 Å². The van der Waals surface area contributed by atoms with Gasteiger partial charge in [0, 0.05) is 19.2 Å². The van der Waals surface area contributed by atoms with Crippen LogP contribution in [0.2, 0.25) is 0 Å². The molecular weight excluding hydrogens is 336 g/mol. The van der Waals surface area contributed by atoms with Crippen molar-refractivity contribution in [2.75, 3.05) is 13.1 Å². The number of hydrogen-bond donors (Lipinski definition) is 0. The van der Waals surface area contributed by atoms with E-state index in [1.165, 1.54) is 4.70 Å². The third-order valence-corrected chi connectivity index (χ3v) is 3.80. The Morgan fingerprint density at radius 2 is 1.90 bits per heavy atom. The van der Waals surface area contributed by atoms with Gasteiger partial charge in [-0.25, -0.2) is 0 Å². The van der Waals surface area contributed by atoms with Crippen LogP contribution < -0.4 is 21.5 Å². The number of carbonyl (C=O) groups is 1. The number of benzene rings is 1. The normalized spacial score (nSPS) is 9.80. The van der Waals surface area contributed by atoms with Crippen LogP contribution in [0.4, 0.5) is 0 Å². The van der Waals surface area contributed by atoms with Crippen molar-refractivity contribution in [3.8, 4) is 0 Å². The van der Waals surface area contributed by atoms with Crippen LogP contribution in [0.15, 0.2) is 55.1 Å². The number of aromatic nitrogens is 1. The fourth-order valence-electron chi connectivity index (χ4n) is 1.93. The van der Waals surface area contributed by atoms with E-state index in [4.69, 9.17) is 0 Å². The van der Waals surface area contributed by atoms with Crippen LogP contribution in [0.3, 0.4) is 0 Å². The van der Waals surface area contributed by atoms with Crippen molar-refractivity contribution in [2.45, 2.75) is 6.54 Å².